The third-order valence-electron chi connectivity index (χ3n) is 4.72. The molecule has 0 saturated carbocycles. The SMILES string of the molecule is CC1CC(C)C(C)N(C(=O)C2CNCC2C)C1. The molecule has 2 saturated heterocycles. The maximum absolute atomic E-state index is 12.6. The summed E-state index contributed by atoms with van der Waals surface area (Å²) in [6, 6.07) is 0.409. The Hall–Kier alpha value is -0.570. The number of carbonyl (C=O) groups excluding carboxylic acids is 1. The molecule has 0 aromatic heterocycles. The first-order valence-electron chi connectivity index (χ1n) is 7.02. The largest absolute Gasteiger partial charge is 0.339 e. The fourth-order valence-electron chi connectivity index (χ4n) is 3.36. The van der Waals surface area contributed by atoms with Crippen LogP contribution in [-0.4, -0.2) is 36.5 Å². The maximum atomic E-state index is 12.6. The van der Waals surface area contributed by atoms with Gasteiger partial charge in [-0.2, -0.15) is 0 Å². The van der Waals surface area contributed by atoms with Gasteiger partial charge in [0.25, 0.3) is 0 Å². The monoisotopic (exact) mass is 238 g/mol. The van der Waals surface area contributed by atoms with Crippen molar-refractivity contribution in [3.05, 3.63) is 0 Å². The zero-order valence-corrected chi connectivity index (χ0v) is 11.6. The Morgan fingerprint density at radius 3 is 2.41 bits per heavy atom. The summed E-state index contributed by atoms with van der Waals surface area (Å²) < 4.78 is 0. The van der Waals surface area contributed by atoms with Gasteiger partial charge in [0, 0.05) is 19.1 Å². The van der Waals surface area contributed by atoms with Crippen LogP contribution in [0.1, 0.15) is 34.1 Å². The van der Waals surface area contributed by atoms with Gasteiger partial charge in [0.1, 0.15) is 0 Å². The second-order valence-electron chi connectivity index (χ2n) is 6.29. The van der Waals surface area contributed by atoms with E-state index in [1.54, 1.807) is 0 Å². The van der Waals surface area contributed by atoms with Crippen molar-refractivity contribution in [1.82, 2.24) is 10.2 Å². The molecule has 3 nitrogen and oxygen atoms in total. The number of amides is 1. The average Bonchev–Trinajstić information content (AvgIpc) is 2.69. The number of hydrogen-bond acceptors (Lipinski definition) is 2. The maximum Gasteiger partial charge on any atom is 0.227 e. The summed E-state index contributed by atoms with van der Waals surface area (Å²) in [5, 5.41) is 3.33. The van der Waals surface area contributed by atoms with Crippen LogP contribution < -0.4 is 5.32 Å². The lowest BCUT2D eigenvalue weighted by atomic mass is 9.84. The van der Waals surface area contributed by atoms with Crippen molar-refractivity contribution in [2.45, 2.75) is 40.2 Å². The number of rotatable bonds is 1. The van der Waals surface area contributed by atoms with Crippen LogP contribution in [0, 0.1) is 23.7 Å². The number of carbonyl (C=O) groups is 1. The summed E-state index contributed by atoms with van der Waals surface area (Å²) in [4.78, 5) is 14.7. The van der Waals surface area contributed by atoms with Gasteiger partial charge in [-0.25, -0.2) is 0 Å². The molecular formula is C14H26N2O. The molecule has 5 unspecified atom stereocenters. The minimum absolute atomic E-state index is 0.204. The van der Waals surface area contributed by atoms with Gasteiger partial charge in [0.15, 0.2) is 0 Å². The predicted octanol–water partition coefficient (Wildman–Crippen LogP) is 1.73. The van der Waals surface area contributed by atoms with Crippen molar-refractivity contribution in [1.29, 1.82) is 0 Å². The van der Waals surface area contributed by atoms with E-state index in [-0.39, 0.29) is 5.92 Å². The molecule has 1 N–H and O–H groups in total. The van der Waals surface area contributed by atoms with Crippen molar-refractivity contribution in [2.75, 3.05) is 19.6 Å². The Morgan fingerprint density at radius 1 is 1.12 bits per heavy atom. The highest BCUT2D eigenvalue weighted by Gasteiger charge is 2.38. The van der Waals surface area contributed by atoms with Crippen molar-refractivity contribution in [3.8, 4) is 0 Å². The van der Waals surface area contributed by atoms with Gasteiger partial charge in [-0.3, -0.25) is 4.79 Å². The van der Waals surface area contributed by atoms with E-state index in [9.17, 15) is 4.79 Å². The third-order valence-corrected chi connectivity index (χ3v) is 4.72. The summed E-state index contributed by atoms with van der Waals surface area (Å²) in [6.07, 6.45) is 1.25. The molecule has 98 valence electrons. The first-order valence-corrected chi connectivity index (χ1v) is 7.02. The summed E-state index contributed by atoms with van der Waals surface area (Å²) in [5.41, 5.74) is 0. The van der Waals surface area contributed by atoms with E-state index in [1.807, 2.05) is 0 Å². The lowest BCUT2D eigenvalue weighted by Crippen LogP contribution is -2.51. The minimum atomic E-state index is 0.204. The van der Waals surface area contributed by atoms with Crippen LogP contribution >= 0.6 is 0 Å². The zero-order chi connectivity index (χ0) is 12.6. The van der Waals surface area contributed by atoms with Crippen molar-refractivity contribution >= 4 is 5.91 Å². The Kier molecular flexibility index (Phi) is 3.76. The summed E-state index contributed by atoms with van der Waals surface area (Å²) in [7, 11) is 0. The molecule has 0 aromatic rings. The molecular weight excluding hydrogens is 212 g/mol. The highest BCUT2D eigenvalue weighted by molar-refractivity contribution is 5.80. The lowest BCUT2D eigenvalue weighted by molar-refractivity contribution is -0.142. The highest BCUT2D eigenvalue weighted by Crippen LogP contribution is 2.30. The molecule has 0 radical (unpaired) electrons. The van der Waals surface area contributed by atoms with Crippen LogP contribution in [0.25, 0.3) is 0 Å². The van der Waals surface area contributed by atoms with Crippen LogP contribution in [0.2, 0.25) is 0 Å². The molecule has 1 amide bonds. The van der Waals surface area contributed by atoms with Gasteiger partial charge in [0.05, 0.1) is 5.92 Å². The average molecular weight is 238 g/mol. The molecule has 17 heavy (non-hydrogen) atoms. The van der Waals surface area contributed by atoms with Crippen LogP contribution in [-0.2, 0) is 4.79 Å². The van der Waals surface area contributed by atoms with E-state index in [2.05, 4.69) is 37.9 Å². The Labute approximate surface area is 105 Å². The topological polar surface area (TPSA) is 32.3 Å². The van der Waals surface area contributed by atoms with E-state index in [0.29, 0.717) is 29.7 Å². The Morgan fingerprint density at radius 2 is 1.82 bits per heavy atom. The lowest BCUT2D eigenvalue weighted by Gasteiger charge is -2.42. The summed E-state index contributed by atoms with van der Waals surface area (Å²) in [5.74, 6) is 2.35. The van der Waals surface area contributed by atoms with Gasteiger partial charge in [-0.15, -0.1) is 0 Å². The van der Waals surface area contributed by atoms with Crippen LogP contribution in [0.3, 0.4) is 0 Å². The molecule has 0 aromatic carbocycles. The fourth-order valence-corrected chi connectivity index (χ4v) is 3.36. The first kappa shape index (κ1) is 12.9. The predicted molar refractivity (Wildman–Crippen MR) is 69.6 cm³/mol. The normalized spacial score (nSPS) is 42.8. The van der Waals surface area contributed by atoms with Crippen LogP contribution in [0.4, 0.5) is 0 Å². The van der Waals surface area contributed by atoms with Gasteiger partial charge in [-0.1, -0.05) is 20.8 Å². The van der Waals surface area contributed by atoms with Crippen molar-refractivity contribution < 1.29 is 4.79 Å². The summed E-state index contributed by atoms with van der Waals surface area (Å²) in [6.45, 7) is 11.7. The summed E-state index contributed by atoms with van der Waals surface area (Å²) >= 11 is 0. The molecule has 0 bridgehead atoms. The second kappa shape index (κ2) is 4.97. The molecule has 2 rings (SSSR count). The molecule has 2 aliphatic heterocycles. The van der Waals surface area contributed by atoms with E-state index in [4.69, 9.17) is 0 Å². The Balaban J connectivity index is 2.07. The quantitative estimate of drug-likeness (QED) is 0.754. The molecule has 3 heteroatoms. The third kappa shape index (κ3) is 2.49. The standard InChI is InChI=1S/C14H26N2O/c1-9-5-10(2)12(4)16(8-9)14(17)13-7-15-6-11(13)3/h9-13,15H,5-8H2,1-4H3. The smallest absolute Gasteiger partial charge is 0.227 e. The molecule has 0 spiro atoms. The number of piperidine rings is 1. The van der Waals surface area contributed by atoms with E-state index in [0.717, 1.165) is 19.6 Å². The molecule has 2 heterocycles. The fraction of sp³-hybridized carbons (Fsp3) is 0.929. The van der Waals surface area contributed by atoms with Gasteiger partial charge >= 0.3 is 0 Å². The van der Waals surface area contributed by atoms with Crippen molar-refractivity contribution in [2.24, 2.45) is 23.7 Å². The highest BCUT2D eigenvalue weighted by atomic mass is 16.2. The number of nitrogens with zero attached hydrogens (tertiary/aromatic N) is 1. The number of nitrogens with one attached hydrogen (secondary N) is 1. The van der Waals surface area contributed by atoms with Gasteiger partial charge in [0.2, 0.25) is 5.91 Å². The first-order chi connectivity index (χ1) is 8.00. The van der Waals surface area contributed by atoms with Gasteiger partial charge in [-0.05, 0) is 37.6 Å². The Bertz CT molecular complexity index is 292. The minimum Gasteiger partial charge on any atom is -0.339 e. The van der Waals surface area contributed by atoms with E-state index < -0.39 is 0 Å². The van der Waals surface area contributed by atoms with E-state index >= 15 is 0 Å². The molecule has 2 aliphatic rings. The molecule has 2 fully saturated rings. The zero-order valence-electron chi connectivity index (χ0n) is 11.6. The number of hydrogen-bond donors (Lipinski definition) is 1. The van der Waals surface area contributed by atoms with Crippen LogP contribution in [0.15, 0.2) is 0 Å². The second-order valence-corrected chi connectivity index (χ2v) is 6.29. The van der Waals surface area contributed by atoms with Crippen molar-refractivity contribution in [3.63, 3.8) is 0 Å². The molecule has 5 atom stereocenters. The number of likely N-dealkylation sites (tertiary alicyclic amines) is 1. The molecule has 0 aliphatic carbocycles. The van der Waals surface area contributed by atoms with E-state index in [1.165, 1.54) is 6.42 Å². The van der Waals surface area contributed by atoms with Gasteiger partial charge < -0.3 is 10.2 Å². The van der Waals surface area contributed by atoms with Crippen LogP contribution in [0.5, 0.6) is 0 Å².